The quantitative estimate of drug-likeness (QED) is 0.622. The number of aromatic amines is 1. The predicted octanol–water partition coefficient (Wildman–Crippen LogP) is 0.316. The zero-order chi connectivity index (χ0) is 11.4. The van der Waals surface area contributed by atoms with E-state index in [9.17, 15) is 4.79 Å². The summed E-state index contributed by atoms with van der Waals surface area (Å²) in [7, 11) is 0. The zero-order valence-corrected chi connectivity index (χ0v) is 8.79. The lowest BCUT2D eigenvalue weighted by atomic mass is 10.2. The summed E-state index contributed by atoms with van der Waals surface area (Å²) in [4.78, 5) is 11.5. The van der Waals surface area contributed by atoms with Crippen LogP contribution in [0.3, 0.4) is 0 Å². The Morgan fingerprint density at radius 3 is 2.87 bits per heavy atom. The third-order valence-corrected chi connectivity index (χ3v) is 2.17. The van der Waals surface area contributed by atoms with E-state index >= 15 is 0 Å². The van der Waals surface area contributed by atoms with Gasteiger partial charge in [-0.1, -0.05) is 0 Å². The highest BCUT2D eigenvalue weighted by Gasteiger charge is 2.15. The number of anilines is 1. The summed E-state index contributed by atoms with van der Waals surface area (Å²) >= 11 is 0. The van der Waals surface area contributed by atoms with Crippen LogP contribution in [-0.2, 0) is 4.79 Å². The maximum Gasteiger partial charge on any atom is 0.243 e. The van der Waals surface area contributed by atoms with Gasteiger partial charge in [0.25, 0.3) is 0 Å². The van der Waals surface area contributed by atoms with E-state index in [-0.39, 0.29) is 12.3 Å². The second-order valence-electron chi connectivity index (χ2n) is 3.33. The second-order valence-corrected chi connectivity index (χ2v) is 3.33. The van der Waals surface area contributed by atoms with Gasteiger partial charge >= 0.3 is 0 Å². The Kier molecular flexibility index (Phi) is 3.47. The van der Waals surface area contributed by atoms with E-state index < -0.39 is 6.04 Å². The highest BCUT2D eigenvalue weighted by Crippen LogP contribution is 2.13. The number of carbonyl (C=O) groups excluding carboxylic acids is 1. The van der Waals surface area contributed by atoms with Crippen LogP contribution in [0.25, 0.3) is 0 Å². The number of terminal acetylenes is 1. The number of H-pyrrole nitrogens is 1. The van der Waals surface area contributed by atoms with Gasteiger partial charge in [0.2, 0.25) is 5.91 Å². The van der Waals surface area contributed by atoms with E-state index in [1.54, 1.807) is 0 Å². The molecule has 4 N–H and O–H groups in total. The molecule has 1 aromatic heterocycles. The first-order chi connectivity index (χ1) is 7.06. The molecule has 0 saturated heterocycles. The van der Waals surface area contributed by atoms with Crippen molar-refractivity contribution in [1.29, 1.82) is 0 Å². The van der Waals surface area contributed by atoms with Crippen LogP contribution in [0.4, 0.5) is 5.82 Å². The first kappa shape index (κ1) is 11.3. The van der Waals surface area contributed by atoms with E-state index in [0.717, 1.165) is 11.3 Å². The summed E-state index contributed by atoms with van der Waals surface area (Å²) in [6, 6.07) is -0.689. The second kappa shape index (κ2) is 4.62. The lowest BCUT2D eigenvalue weighted by Gasteiger charge is -2.07. The lowest BCUT2D eigenvalue weighted by molar-refractivity contribution is -0.117. The number of nitrogens with zero attached hydrogens (tertiary/aromatic N) is 1. The molecular weight excluding hydrogens is 192 g/mol. The average molecular weight is 206 g/mol. The van der Waals surface area contributed by atoms with Crippen LogP contribution < -0.4 is 11.1 Å². The van der Waals surface area contributed by atoms with Gasteiger partial charge in [0.1, 0.15) is 0 Å². The Bertz CT molecular complexity index is 402. The van der Waals surface area contributed by atoms with Crippen molar-refractivity contribution in [2.75, 3.05) is 5.32 Å². The lowest BCUT2D eigenvalue weighted by Crippen LogP contribution is -2.35. The molecule has 1 atom stereocenters. The Labute approximate surface area is 88.4 Å². The van der Waals surface area contributed by atoms with Crippen molar-refractivity contribution < 1.29 is 4.79 Å². The van der Waals surface area contributed by atoms with Gasteiger partial charge in [0.15, 0.2) is 5.82 Å². The van der Waals surface area contributed by atoms with Crippen molar-refractivity contribution in [1.82, 2.24) is 10.2 Å². The van der Waals surface area contributed by atoms with Crippen molar-refractivity contribution in [3.63, 3.8) is 0 Å². The van der Waals surface area contributed by atoms with Gasteiger partial charge in [0.05, 0.1) is 6.04 Å². The molecule has 5 nitrogen and oxygen atoms in total. The summed E-state index contributed by atoms with van der Waals surface area (Å²) in [5.74, 6) is 2.53. The van der Waals surface area contributed by atoms with Gasteiger partial charge in [-0.25, -0.2) is 0 Å². The number of aromatic nitrogens is 2. The summed E-state index contributed by atoms with van der Waals surface area (Å²) < 4.78 is 0. The topological polar surface area (TPSA) is 83.8 Å². The van der Waals surface area contributed by atoms with Gasteiger partial charge in [-0.05, 0) is 13.8 Å². The van der Waals surface area contributed by atoms with Crippen LogP contribution in [-0.4, -0.2) is 22.1 Å². The monoisotopic (exact) mass is 206 g/mol. The summed E-state index contributed by atoms with van der Waals surface area (Å²) in [5, 5.41) is 9.31. The molecule has 15 heavy (non-hydrogen) atoms. The van der Waals surface area contributed by atoms with Gasteiger partial charge < -0.3 is 11.1 Å². The van der Waals surface area contributed by atoms with E-state index in [1.807, 2.05) is 13.8 Å². The van der Waals surface area contributed by atoms with Crippen molar-refractivity contribution in [2.24, 2.45) is 5.73 Å². The number of rotatable bonds is 3. The minimum atomic E-state index is -0.689. The first-order valence-electron chi connectivity index (χ1n) is 4.57. The number of aryl methyl sites for hydroxylation is 1. The Morgan fingerprint density at radius 1 is 1.73 bits per heavy atom. The third kappa shape index (κ3) is 2.58. The van der Waals surface area contributed by atoms with Crippen LogP contribution in [0.5, 0.6) is 0 Å². The fraction of sp³-hybridized carbons (Fsp3) is 0.400. The maximum atomic E-state index is 11.5. The number of nitrogens with one attached hydrogen (secondary N) is 2. The molecule has 0 aliphatic rings. The van der Waals surface area contributed by atoms with Crippen LogP contribution in [0.15, 0.2) is 0 Å². The van der Waals surface area contributed by atoms with Gasteiger partial charge in [-0.3, -0.25) is 9.89 Å². The normalized spacial score (nSPS) is 11.9. The summed E-state index contributed by atoms with van der Waals surface area (Å²) in [6.45, 7) is 3.74. The summed E-state index contributed by atoms with van der Waals surface area (Å²) in [5.41, 5.74) is 7.35. The Balaban J connectivity index is 2.67. The molecule has 0 aliphatic carbocycles. The van der Waals surface area contributed by atoms with E-state index in [2.05, 4.69) is 21.4 Å². The van der Waals surface area contributed by atoms with Crippen molar-refractivity contribution in [3.8, 4) is 12.3 Å². The standard InChI is InChI=1S/C10H14N4O/c1-4-5-8(11)10(15)12-9-6(2)7(3)13-14-9/h1,8H,5,11H2,2-3H3,(H2,12,13,14,15). The van der Waals surface area contributed by atoms with Crippen LogP contribution in [0.2, 0.25) is 0 Å². The summed E-state index contributed by atoms with van der Waals surface area (Å²) in [6.07, 6.45) is 5.28. The van der Waals surface area contributed by atoms with Gasteiger partial charge in [0, 0.05) is 17.7 Å². The Morgan fingerprint density at radius 2 is 2.40 bits per heavy atom. The molecule has 1 amide bonds. The molecule has 0 fully saturated rings. The molecule has 1 aromatic rings. The van der Waals surface area contributed by atoms with E-state index in [0.29, 0.717) is 5.82 Å². The minimum absolute atomic E-state index is 0.217. The minimum Gasteiger partial charge on any atom is -0.319 e. The van der Waals surface area contributed by atoms with Gasteiger partial charge in [-0.2, -0.15) is 5.10 Å². The Hall–Kier alpha value is -1.80. The smallest absolute Gasteiger partial charge is 0.243 e. The van der Waals surface area contributed by atoms with Gasteiger partial charge in [-0.15, -0.1) is 12.3 Å². The van der Waals surface area contributed by atoms with Crippen LogP contribution in [0.1, 0.15) is 17.7 Å². The fourth-order valence-corrected chi connectivity index (χ4v) is 1.04. The number of hydrogen-bond acceptors (Lipinski definition) is 3. The molecule has 1 unspecified atom stereocenters. The van der Waals surface area contributed by atoms with Crippen LogP contribution in [0, 0.1) is 26.2 Å². The molecule has 0 aliphatic heterocycles. The van der Waals surface area contributed by atoms with Crippen LogP contribution >= 0.6 is 0 Å². The zero-order valence-electron chi connectivity index (χ0n) is 8.79. The number of hydrogen-bond donors (Lipinski definition) is 3. The van der Waals surface area contributed by atoms with Crippen molar-refractivity contribution in [2.45, 2.75) is 26.3 Å². The molecular formula is C10H14N4O. The molecule has 0 radical (unpaired) electrons. The molecule has 0 bridgehead atoms. The molecule has 0 saturated carbocycles. The molecule has 5 heteroatoms. The number of nitrogens with two attached hydrogens (primary N) is 1. The maximum absolute atomic E-state index is 11.5. The first-order valence-corrected chi connectivity index (χ1v) is 4.57. The number of carbonyl (C=O) groups is 1. The third-order valence-electron chi connectivity index (χ3n) is 2.17. The van der Waals surface area contributed by atoms with Crippen molar-refractivity contribution >= 4 is 11.7 Å². The molecule has 80 valence electrons. The molecule has 0 aromatic carbocycles. The molecule has 0 spiro atoms. The highest BCUT2D eigenvalue weighted by molar-refractivity contribution is 5.94. The predicted molar refractivity (Wildman–Crippen MR) is 58.1 cm³/mol. The average Bonchev–Trinajstić information content (AvgIpc) is 2.50. The number of amides is 1. The molecule has 1 rings (SSSR count). The van der Waals surface area contributed by atoms with E-state index in [4.69, 9.17) is 12.2 Å². The van der Waals surface area contributed by atoms with Crippen molar-refractivity contribution in [3.05, 3.63) is 11.3 Å². The van der Waals surface area contributed by atoms with E-state index in [1.165, 1.54) is 0 Å². The fourth-order valence-electron chi connectivity index (χ4n) is 1.04. The largest absolute Gasteiger partial charge is 0.319 e. The highest BCUT2D eigenvalue weighted by atomic mass is 16.2. The SMILES string of the molecule is C#CCC(N)C(=O)Nc1n[nH]c(C)c1C. The molecule has 1 heterocycles.